The molecule has 0 bridgehead atoms. The second kappa shape index (κ2) is 3.35. The number of rotatable bonds is 3. The molecule has 2 heteroatoms. The summed E-state index contributed by atoms with van der Waals surface area (Å²) in [6, 6.07) is 0. The summed E-state index contributed by atoms with van der Waals surface area (Å²) in [6.07, 6.45) is 1.99. The van der Waals surface area contributed by atoms with Crippen LogP contribution in [0.25, 0.3) is 0 Å². The van der Waals surface area contributed by atoms with E-state index in [-0.39, 0.29) is 11.5 Å². The lowest BCUT2D eigenvalue weighted by Crippen LogP contribution is -2.52. The Hall–Kier alpha value is -0.0800. The fourth-order valence-electron chi connectivity index (χ4n) is 2.56. The largest absolute Gasteiger partial charge is 0.392 e. The number of hydrogen-bond acceptors (Lipinski definition) is 2. The maximum Gasteiger partial charge on any atom is 0.0631 e. The third-order valence-corrected chi connectivity index (χ3v) is 3.18. The second-order valence-electron chi connectivity index (χ2n) is 4.77. The maximum atomic E-state index is 9.93. The van der Waals surface area contributed by atoms with Crippen molar-refractivity contribution >= 4 is 0 Å². The van der Waals surface area contributed by atoms with Crippen LogP contribution in [0.15, 0.2) is 0 Å². The van der Waals surface area contributed by atoms with Gasteiger partial charge in [-0.15, -0.1) is 0 Å². The standard InChI is InChI=1S/C10H21NO/c1-7(2)9(12)10(6-11)4-8(3)5-10/h7-9,12H,4-6,11H2,1-3H3/t8?,9-,10?/m1/s1. The van der Waals surface area contributed by atoms with Gasteiger partial charge in [-0.1, -0.05) is 20.8 Å². The van der Waals surface area contributed by atoms with E-state index in [1.54, 1.807) is 0 Å². The molecule has 0 saturated heterocycles. The summed E-state index contributed by atoms with van der Waals surface area (Å²) in [4.78, 5) is 0. The smallest absolute Gasteiger partial charge is 0.0631 e. The molecule has 1 saturated carbocycles. The van der Waals surface area contributed by atoms with Crippen LogP contribution in [0, 0.1) is 17.3 Å². The highest BCUT2D eigenvalue weighted by molar-refractivity contribution is 4.98. The van der Waals surface area contributed by atoms with Crippen molar-refractivity contribution in [3.8, 4) is 0 Å². The van der Waals surface area contributed by atoms with E-state index in [1.165, 1.54) is 0 Å². The Kier molecular flexibility index (Phi) is 2.79. The Labute approximate surface area is 75.2 Å². The van der Waals surface area contributed by atoms with Gasteiger partial charge in [0.25, 0.3) is 0 Å². The molecule has 0 aliphatic heterocycles. The van der Waals surface area contributed by atoms with E-state index in [4.69, 9.17) is 5.73 Å². The van der Waals surface area contributed by atoms with Gasteiger partial charge in [0.1, 0.15) is 0 Å². The predicted octanol–water partition coefficient (Wildman–Crippen LogP) is 1.38. The number of nitrogens with two attached hydrogens (primary N) is 1. The first-order chi connectivity index (χ1) is 5.52. The summed E-state index contributed by atoms with van der Waals surface area (Å²) in [7, 11) is 0. The van der Waals surface area contributed by atoms with Crippen molar-refractivity contribution in [3.05, 3.63) is 0 Å². The Morgan fingerprint density at radius 3 is 2.25 bits per heavy atom. The quantitative estimate of drug-likeness (QED) is 0.674. The molecule has 0 aromatic rings. The highest BCUT2D eigenvalue weighted by atomic mass is 16.3. The molecule has 0 aromatic heterocycles. The molecule has 1 rings (SSSR count). The molecule has 1 fully saturated rings. The molecule has 0 spiro atoms. The Balaban J connectivity index is 2.57. The van der Waals surface area contributed by atoms with Crippen LogP contribution in [-0.2, 0) is 0 Å². The fraction of sp³-hybridized carbons (Fsp3) is 1.00. The lowest BCUT2D eigenvalue weighted by Gasteiger charge is -2.50. The Morgan fingerprint density at radius 1 is 1.50 bits per heavy atom. The lowest BCUT2D eigenvalue weighted by atomic mass is 9.58. The van der Waals surface area contributed by atoms with Crippen LogP contribution in [-0.4, -0.2) is 17.8 Å². The molecule has 3 N–H and O–H groups in total. The van der Waals surface area contributed by atoms with E-state index >= 15 is 0 Å². The van der Waals surface area contributed by atoms with Gasteiger partial charge in [0.05, 0.1) is 6.10 Å². The minimum atomic E-state index is -0.210. The molecule has 1 atom stereocenters. The second-order valence-corrected chi connectivity index (χ2v) is 4.77. The molecular formula is C10H21NO. The van der Waals surface area contributed by atoms with Gasteiger partial charge in [-0.2, -0.15) is 0 Å². The summed E-state index contributed by atoms with van der Waals surface area (Å²) in [5.74, 6) is 1.09. The van der Waals surface area contributed by atoms with Crippen molar-refractivity contribution < 1.29 is 5.11 Å². The summed E-state index contributed by atoms with van der Waals surface area (Å²) < 4.78 is 0. The molecule has 2 nitrogen and oxygen atoms in total. The van der Waals surface area contributed by atoms with E-state index < -0.39 is 0 Å². The zero-order chi connectivity index (χ0) is 9.35. The van der Waals surface area contributed by atoms with Crippen LogP contribution in [0.1, 0.15) is 33.6 Å². The molecule has 72 valence electrons. The predicted molar refractivity (Wildman–Crippen MR) is 50.7 cm³/mol. The van der Waals surface area contributed by atoms with Gasteiger partial charge in [-0.25, -0.2) is 0 Å². The topological polar surface area (TPSA) is 46.2 Å². The van der Waals surface area contributed by atoms with Crippen molar-refractivity contribution in [2.75, 3.05) is 6.54 Å². The van der Waals surface area contributed by atoms with Gasteiger partial charge < -0.3 is 10.8 Å². The summed E-state index contributed by atoms with van der Waals surface area (Å²) in [5.41, 5.74) is 5.76. The van der Waals surface area contributed by atoms with E-state index in [2.05, 4.69) is 20.8 Å². The van der Waals surface area contributed by atoms with Crippen molar-refractivity contribution in [2.45, 2.75) is 39.7 Å². The monoisotopic (exact) mass is 171 g/mol. The fourth-order valence-corrected chi connectivity index (χ4v) is 2.56. The molecule has 0 heterocycles. The van der Waals surface area contributed by atoms with Gasteiger partial charge >= 0.3 is 0 Å². The van der Waals surface area contributed by atoms with Gasteiger partial charge in [0, 0.05) is 12.0 Å². The number of hydrogen-bond donors (Lipinski definition) is 2. The Bertz CT molecular complexity index is 150. The normalized spacial score (nSPS) is 38.0. The first-order valence-corrected chi connectivity index (χ1v) is 4.90. The SMILES string of the molecule is CC1CC(CN)([C@H](O)C(C)C)C1. The van der Waals surface area contributed by atoms with Crippen LogP contribution in [0.2, 0.25) is 0 Å². The molecule has 0 radical (unpaired) electrons. The van der Waals surface area contributed by atoms with Gasteiger partial charge in [0.15, 0.2) is 0 Å². The molecule has 12 heavy (non-hydrogen) atoms. The van der Waals surface area contributed by atoms with Gasteiger partial charge in [-0.3, -0.25) is 0 Å². The zero-order valence-corrected chi connectivity index (χ0v) is 8.38. The highest BCUT2D eigenvalue weighted by Crippen LogP contribution is 2.48. The highest BCUT2D eigenvalue weighted by Gasteiger charge is 2.47. The first kappa shape index (κ1) is 10.0. The summed E-state index contributed by atoms with van der Waals surface area (Å²) in [6.45, 7) is 6.98. The van der Waals surface area contributed by atoms with Crippen molar-refractivity contribution in [2.24, 2.45) is 23.0 Å². The van der Waals surface area contributed by atoms with Gasteiger partial charge in [0.2, 0.25) is 0 Å². The van der Waals surface area contributed by atoms with Crippen molar-refractivity contribution in [3.63, 3.8) is 0 Å². The number of aliphatic hydroxyl groups is 1. The first-order valence-electron chi connectivity index (χ1n) is 4.90. The lowest BCUT2D eigenvalue weighted by molar-refractivity contribution is -0.0801. The minimum absolute atomic E-state index is 0.0492. The zero-order valence-electron chi connectivity index (χ0n) is 8.38. The van der Waals surface area contributed by atoms with Crippen LogP contribution in [0.5, 0.6) is 0 Å². The van der Waals surface area contributed by atoms with Crippen LogP contribution in [0.3, 0.4) is 0 Å². The van der Waals surface area contributed by atoms with E-state index in [0.29, 0.717) is 12.5 Å². The van der Waals surface area contributed by atoms with Crippen LogP contribution in [0.4, 0.5) is 0 Å². The van der Waals surface area contributed by atoms with E-state index in [0.717, 1.165) is 18.8 Å². The van der Waals surface area contributed by atoms with Crippen LogP contribution >= 0.6 is 0 Å². The number of aliphatic hydroxyl groups excluding tert-OH is 1. The molecular weight excluding hydrogens is 150 g/mol. The van der Waals surface area contributed by atoms with Crippen LogP contribution < -0.4 is 5.73 Å². The Morgan fingerprint density at radius 2 is 2.00 bits per heavy atom. The van der Waals surface area contributed by atoms with Crippen molar-refractivity contribution in [1.29, 1.82) is 0 Å². The molecule has 0 unspecified atom stereocenters. The average molecular weight is 171 g/mol. The maximum absolute atomic E-state index is 9.93. The molecule has 1 aliphatic rings. The van der Waals surface area contributed by atoms with E-state index in [1.807, 2.05) is 0 Å². The van der Waals surface area contributed by atoms with Gasteiger partial charge in [-0.05, 0) is 24.7 Å². The molecule has 1 aliphatic carbocycles. The summed E-state index contributed by atoms with van der Waals surface area (Å²) in [5, 5.41) is 9.93. The molecule has 0 amide bonds. The van der Waals surface area contributed by atoms with E-state index in [9.17, 15) is 5.11 Å². The minimum Gasteiger partial charge on any atom is -0.392 e. The summed E-state index contributed by atoms with van der Waals surface area (Å²) >= 11 is 0. The third kappa shape index (κ3) is 1.50. The average Bonchev–Trinajstić information content (AvgIpc) is 1.96. The third-order valence-electron chi connectivity index (χ3n) is 3.18. The van der Waals surface area contributed by atoms with Crippen molar-refractivity contribution in [1.82, 2.24) is 0 Å². The molecule has 0 aromatic carbocycles.